The third kappa shape index (κ3) is 5.93. The lowest BCUT2D eigenvalue weighted by atomic mass is 10.1. The molecule has 0 aliphatic carbocycles. The maximum atomic E-state index is 5.79. The van der Waals surface area contributed by atoms with E-state index in [9.17, 15) is 0 Å². The van der Waals surface area contributed by atoms with E-state index in [1.807, 2.05) is 18.2 Å². The molecule has 5 heterocycles. The second kappa shape index (κ2) is 15.8. The predicted molar refractivity (Wildman–Crippen MR) is 299 cm³/mol. The summed E-state index contributed by atoms with van der Waals surface area (Å²) in [6.07, 6.45) is 0. The first-order valence-corrected chi connectivity index (χ1v) is 24.4. The second-order valence-electron chi connectivity index (χ2n) is 18.4. The van der Waals surface area contributed by atoms with Crippen molar-refractivity contribution in [2.24, 2.45) is 0 Å². The van der Waals surface area contributed by atoms with Crippen LogP contribution in [0.15, 0.2) is 243 Å². The summed E-state index contributed by atoms with van der Waals surface area (Å²) >= 11 is 0. The number of hydrogen-bond donors (Lipinski definition) is 2. The maximum absolute atomic E-state index is 5.79. The fourth-order valence-corrected chi connectivity index (χ4v) is 11.3. The van der Waals surface area contributed by atoms with Gasteiger partial charge < -0.3 is 14.5 Å². The number of benzene rings is 10. The molecule has 0 aliphatic rings. The minimum absolute atomic E-state index is 0.566. The van der Waals surface area contributed by atoms with Gasteiger partial charge in [-0.1, -0.05) is 176 Å². The molecule has 2 N–H and O–H groups in total. The van der Waals surface area contributed by atoms with E-state index in [1.54, 1.807) is 0 Å². The van der Waals surface area contributed by atoms with Crippen molar-refractivity contribution in [1.82, 2.24) is 28.3 Å². The van der Waals surface area contributed by atoms with E-state index >= 15 is 0 Å². The molecule has 8 heteroatoms. The lowest BCUT2D eigenvalue weighted by molar-refractivity contribution is 0.996. The normalized spacial score (nSPS) is 11.9. The number of nitrogens with zero attached hydrogens (tertiary/aromatic N) is 6. The molecule has 8 nitrogen and oxygen atoms in total. The summed E-state index contributed by atoms with van der Waals surface area (Å²) in [5.74, 6) is 1.84. The molecule has 0 aliphatic heterocycles. The molecular weight excluding hydrogens is 881 g/mol. The van der Waals surface area contributed by atoms with E-state index in [2.05, 4.69) is 254 Å². The summed E-state index contributed by atoms with van der Waals surface area (Å²) in [7, 11) is 0. The quantitative estimate of drug-likeness (QED) is 0.159. The summed E-state index contributed by atoms with van der Waals surface area (Å²) in [4.78, 5) is 11.6. The molecule has 15 aromatic rings. The van der Waals surface area contributed by atoms with Gasteiger partial charge in [0.2, 0.25) is 0 Å². The standard InChI is InChI=1S/C64H42N8/c1-5-21-41(22-6-1)58-64(71-54-35-19-16-32-51(54)57-56(71)40-39-48-45-29-13-17-33-52(45)69(59(48)57)43-25-9-3-10-26-43)67-62(65-42-23-7-2-8-24-42)63(66-58)68-72-55-36-20-15-31-47(55)50-38-37-49-46-30-14-18-34-53(46)70(60(49)61(50)72)44-27-11-4-12-28-44/h1-40H,(H,65,67)(H,66,68). The Morgan fingerprint density at radius 1 is 0.306 bits per heavy atom. The van der Waals surface area contributed by atoms with Crippen LogP contribution in [0.4, 0.5) is 17.3 Å². The molecule has 0 saturated carbocycles. The van der Waals surface area contributed by atoms with E-state index < -0.39 is 0 Å². The Kier molecular flexibility index (Phi) is 8.79. The zero-order valence-corrected chi connectivity index (χ0v) is 38.8. The largest absolute Gasteiger partial charge is 0.337 e. The monoisotopic (exact) mass is 922 g/mol. The summed E-state index contributed by atoms with van der Waals surface area (Å²) < 4.78 is 9.35. The van der Waals surface area contributed by atoms with Crippen molar-refractivity contribution in [3.05, 3.63) is 243 Å². The number of para-hydroxylation sites is 7. The molecule has 0 saturated heterocycles. The fourth-order valence-electron chi connectivity index (χ4n) is 11.3. The highest BCUT2D eigenvalue weighted by molar-refractivity contribution is 6.27. The Labute approximate surface area is 412 Å². The van der Waals surface area contributed by atoms with Crippen LogP contribution in [0.5, 0.6) is 0 Å². The van der Waals surface area contributed by atoms with Crippen LogP contribution in [-0.2, 0) is 0 Å². The van der Waals surface area contributed by atoms with Crippen molar-refractivity contribution in [3.63, 3.8) is 0 Å². The molecule has 0 unspecified atom stereocenters. The third-order valence-electron chi connectivity index (χ3n) is 14.4. The average Bonchev–Trinajstić information content (AvgIpc) is 4.18. The fraction of sp³-hybridized carbons (Fsp3) is 0. The zero-order valence-electron chi connectivity index (χ0n) is 38.8. The molecular formula is C64H42N8. The first-order chi connectivity index (χ1) is 35.8. The van der Waals surface area contributed by atoms with Gasteiger partial charge in [0, 0.05) is 65.7 Å². The summed E-state index contributed by atoms with van der Waals surface area (Å²) in [5.41, 5.74) is 17.3. The van der Waals surface area contributed by atoms with Crippen molar-refractivity contribution >= 4 is 105 Å². The van der Waals surface area contributed by atoms with E-state index in [1.165, 1.54) is 16.2 Å². The topological polar surface area (TPSA) is 69.6 Å². The van der Waals surface area contributed by atoms with Crippen LogP contribution in [0, 0.1) is 0 Å². The van der Waals surface area contributed by atoms with Crippen LogP contribution in [0.3, 0.4) is 0 Å². The molecule has 338 valence electrons. The second-order valence-corrected chi connectivity index (χ2v) is 18.4. The highest BCUT2D eigenvalue weighted by Gasteiger charge is 2.27. The molecule has 0 atom stereocenters. The van der Waals surface area contributed by atoms with E-state index in [4.69, 9.17) is 9.97 Å². The van der Waals surface area contributed by atoms with E-state index in [0.717, 1.165) is 99.4 Å². The number of fused-ring (bicyclic) bond motifs is 14. The maximum Gasteiger partial charge on any atom is 0.189 e. The van der Waals surface area contributed by atoms with Crippen molar-refractivity contribution in [2.75, 3.05) is 10.7 Å². The van der Waals surface area contributed by atoms with Gasteiger partial charge >= 0.3 is 0 Å². The van der Waals surface area contributed by atoms with Crippen molar-refractivity contribution in [3.8, 4) is 28.5 Å². The van der Waals surface area contributed by atoms with Crippen LogP contribution < -0.4 is 10.7 Å². The minimum atomic E-state index is 0.566. The van der Waals surface area contributed by atoms with Crippen LogP contribution in [-0.4, -0.2) is 28.3 Å². The van der Waals surface area contributed by atoms with E-state index in [-0.39, 0.29) is 0 Å². The highest BCUT2D eigenvalue weighted by Crippen LogP contribution is 2.45. The van der Waals surface area contributed by atoms with Gasteiger partial charge in [-0.3, -0.25) is 14.7 Å². The summed E-state index contributed by atoms with van der Waals surface area (Å²) in [5, 5.41) is 13.0. The lowest BCUT2D eigenvalue weighted by Crippen LogP contribution is -2.15. The van der Waals surface area contributed by atoms with Gasteiger partial charge in [0.15, 0.2) is 17.5 Å². The van der Waals surface area contributed by atoms with Gasteiger partial charge in [0.05, 0.1) is 44.1 Å². The van der Waals surface area contributed by atoms with E-state index in [0.29, 0.717) is 17.5 Å². The molecule has 0 fully saturated rings. The SMILES string of the molecule is c1ccc(Nc2nc(-n3c4ccccc4c4c3ccc3c5ccccc5n(-c5ccccc5)c34)c(-c3ccccc3)nc2Nn2c3ccccc3c3ccc4c5ccccc5n(-c5ccccc5)c4c32)cc1. The Morgan fingerprint density at radius 2 is 0.764 bits per heavy atom. The van der Waals surface area contributed by atoms with Gasteiger partial charge in [-0.15, -0.1) is 0 Å². The number of anilines is 3. The first-order valence-electron chi connectivity index (χ1n) is 24.4. The van der Waals surface area contributed by atoms with Gasteiger partial charge in [-0.05, 0) is 66.7 Å². The minimum Gasteiger partial charge on any atom is -0.337 e. The van der Waals surface area contributed by atoms with Crippen LogP contribution in [0.25, 0.3) is 116 Å². The average molecular weight is 923 g/mol. The summed E-state index contributed by atoms with van der Waals surface area (Å²) in [6, 6.07) is 85.9. The highest BCUT2D eigenvalue weighted by atomic mass is 15.4. The summed E-state index contributed by atoms with van der Waals surface area (Å²) in [6.45, 7) is 0. The lowest BCUT2D eigenvalue weighted by Gasteiger charge is -2.20. The molecule has 0 amide bonds. The zero-order chi connectivity index (χ0) is 47.3. The van der Waals surface area contributed by atoms with Gasteiger partial charge in [0.1, 0.15) is 5.69 Å². The van der Waals surface area contributed by atoms with Crippen molar-refractivity contribution in [2.45, 2.75) is 0 Å². The Bertz CT molecular complexity index is 4610. The van der Waals surface area contributed by atoms with Gasteiger partial charge in [-0.25, -0.2) is 9.97 Å². The molecule has 5 aromatic heterocycles. The number of aromatic nitrogens is 6. The van der Waals surface area contributed by atoms with Crippen LogP contribution in [0.1, 0.15) is 0 Å². The number of rotatable bonds is 8. The van der Waals surface area contributed by atoms with Crippen LogP contribution in [0.2, 0.25) is 0 Å². The molecule has 15 rings (SSSR count). The number of hydrogen-bond acceptors (Lipinski definition) is 4. The molecule has 72 heavy (non-hydrogen) atoms. The van der Waals surface area contributed by atoms with Gasteiger partial charge in [0.25, 0.3) is 0 Å². The van der Waals surface area contributed by atoms with Crippen molar-refractivity contribution < 1.29 is 0 Å². The molecule has 0 bridgehead atoms. The number of nitrogens with one attached hydrogen (secondary N) is 2. The smallest absolute Gasteiger partial charge is 0.189 e. The molecule has 0 spiro atoms. The third-order valence-corrected chi connectivity index (χ3v) is 14.4. The Balaban J connectivity index is 1.05. The Morgan fingerprint density at radius 3 is 1.39 bits per heavy atom. The molecule has 0 radical (unpaired) electrons. The van der Waals surface area contributed by atoms with Crippen LogP contribution >= 0.6 is 0 Å². The molecule has 10 aromatic carbocycles. The van der Waals surface area contributed by atoms with Gasteiger partial charge in [-0.2, -0.15) is 0 Å². The first kappa shape index (κ1) is 40.0. The van der Waals surface area contributed by atoms with Crippen molar-refractivity contribution in [1.29, 1.82) is 0 Å². The predicted octanol–water partition coefficient (Wildman–Crippen LogP) is 16.2. The Hall–Kier alpha value is -9.92.